The van der Waals surface area contributed by atoms with Gasteiger partial charge in [0.15, 0.2) is 11.6 Å². The molecule has 31 heavy (non-hydrogen) atoms. The number of carbonyl (C=O) groups is 3. The Morgan fingerprint density at radius 1 is 0.839 bits per heavy atom. The maximum atomic E-state index is 12.7. The first kappa shape index (κ1) is 20.5. The summed E-state index contributed by atoms with van der Waals surface area (Å²) in [6.45, 7) is 5.24. The highest BCUT2D eigenvalue weighted by Gasteiger charge is 2.27. The molecule has 2 aromatic carbocycles. The van der Waals surface area contributed by atoms with Gasteiger partial charge in [-0.2, -0.15) is 0 Å². The summed E-state index contributed by atoms with van der Waals surface area (Å²) in [6.07, 6.45) is 0.343. The summed E-state index contributed by atoms with van der Waals surface area (Å²) in [6, 6.07) is 16.5. The molecule has 0 saturated carbocycles. The molecule has 5 nitrogen and oxygen atoms in total. The van der Waals surface area contributed by atoms with Crippen molar-refractivity contribution in [2.24, 2.45) is 0 Å². The van der Waals surface area contributed by atoms with Crippen LogP contribution in [0.25, 0.3) is 11.0 Å². The second-order valence-corrected chi connectivity index (χ2v) is 7.73. The van der Waals surface area contributed by atoms with Gasteiger partial charge in [-0.1, -0.05) is 36.4 Å². The number of rotatable bonds is 5. The summed E-state index contributed by atoms with van der Waals surface area (Å²) in [7, 11) is 0. The van der Waals surface area contributed by atoms with Crippen LogP contribution in [0, 0.1) is 0 Å². The molecule has 156 valence electrons. The normalized spacial score (nSPS) is 14.5. The van der Waals surface area contributed by atoms with Crippen molar-refractivity contribution in [3.8, 4) is 0 Å². The second kappa shape index (κ2) is 8.19. The number of Topliss-reactive ketones (excluding diaryl/α,β-unsaturated/α-hetero) is 2. The number of esters is 1. The predicted molar refractivity (Wildman–Crippen MR) is 117 cm³/mol. The minimum absolute atomic E-state index is 0.0834. The first-order valence-electron chi connectivity index (χ1n) is 10.1. The van der Waals surface area contributed by atoms with Gasteiger partial charge in [0, 0.05) is 34.1 Å². The number of ether oxygens (including phenoxy) is 1. The third kappa shape index (κ3) is 3.99. The molecule has 1 aliphatic rings. The van der Waals surface area contributed by atoms with Crippen LogP contribution in [0.15, 0.2) is 81.3 Å². The molecule has 0 aliphatic heterocycles. The molecule has 0 spiro atoms. The summed E-state index contributed by atoms with van der Waals surface area (Å²) in [4.78, 5) is 37.5. The SMILES string of the molecule is CC1=C(C)C(=O)C(Cc2ccc3oc(C(=O)OCc4ccccc4)cc3c2)=C(C)C1=O. The van der Waals surface area contributed by atoms with Crippen molar-refractivity contribution in [3.63, 3.8) is 0 Å². The van der Waals surface area contributed by atoms with E-state index in [1.807, 2.05) is 42.5 Å². The summed E-state index contributed by atoms with van der Waals surface area (Å²) in [5, 5.41) is 0.737. The van der Waals surface area contributed by atoms with E-state index in [4.69, 9.17) is 9.15 Å². The fourth-order valence-electron chi connectivity index (χ4n) is 3.67. The molecular weight excluding hydrogens is 392 g/mol. The molecule has 0 radical (unpaired) electrons. The minimum Gasteiger partial charge on any atom is -0.455 e. The fraction of sp³-hybridized carbons (Fsp3) is 0.192. The zero-order chi connectivity index (χ0) is 22.1. The van der Waals surface area contributed by atoms with Crippen molar-refractivity contribution in [1.29, 1.82) is 0 Å². The largest absolute Gasteiger partial charge is 0.455 e. The molecule has 1 heterocycles. The summed E-state index contributed by atoms with van der Waals surface area (Å²) < 4.78 is 11.0. The highest BCUT2D eigenvalue weighted by molar-refractivity contribution is 6.24. The van der Waals surface area contributed by atoms with E-state index in [0.717, 1.165) is 16.5 Å². The average molecular weight is 414 g/mol. The Hall–Kier alpha value is -3.73. The lowest BCUT2D eigenvalue weighted by atomic mass is 9.83. The lowest BCUT2D eigenvalue weighted by Crippen LogP contribution is -2.21. The van der Waals surface area contributed by atoms with Gasteiger partial charge in [-0.15, -0.1) is 0 Å². The average Bonchev–Trinajstić information content (AvgIpc) is 3.22. The molecule has 0 N–H and O–H groups in total. The minimum atomic E-state index is -0.538. The number of carbonyl (C=O) groups excluding carboxylic acids is 3. The molecule has 0 bridgehead atoms. The van der Waals surface area contributed by atoms with E-state index >= 15 is 0 Å². The Morgan fingerprint density at radius 2 is 1.55 bits per heavy atom. The number of furan rings is 1. The lowest BCUT2D eigenvalue weighted by molar-refractivity contribution is -0.116. The van der Waals surface area contributed by atoms with Gasteiger partial charge in [-0.05, 0) is 50.1 Å². The molecule has 3 aromatic rings. The number of hydrogen-bond acceptors (Lipinski definition) is 5. The monoisotopic (exact) mass is 414 g/mol. The van der Waals surface area contributed by atoms with Crippen molar-refractivity contribution in [3.05, 3.63) is 93.8 Å². The Bertz CT molecular complexity index is 1270. The highest BCUT2D eigenvalue weighted by atomic mass is 16.5. The molecule has 0 atom stereocenters. The van der Waals surface area contributed by atoms with Gasteiger partial charge in [0.2, 0.25) is 5.76 Å². The number of hydrogen-bond donors (Lipinski definition) is 0. The van der Waals surface area contributed by atoms with E-state index in [-0.39, 0.29) is 23.9 Å². The van der Waals surface area contributed by atoms with E-state index in [0.29, 0.717) is 34.3 Å². The molecule has 5 heteroatoms. The third-order valence-corrected chi connectivity index (χ3v) is 5.69. The maximum Gasteiger partial charge on any atom is 0.374 e. The molecule has 0 amide bonds. The van der Waals surface area contributed by atoms with Crippen LogP contribution in [0.2, 0.25) is 0 Å². The Labute approximate surface area is 180 Å². The molecule has 0 unspecified atom stereocenters. The summed E-state index contributed by atoms with van der Waals surface area (Å²) >= 11 is 0. The van der Waals surface area contributed by atoms with Crippen molar-refractivity contribution in [2.45, 2.75) is 33.8 Å². The van der Waals surface area contributed by atoms with E-state index in [9.17, 15) is 14.4 Å². The smallest absolute Gasteiger partial charge is 0.374 e. The Kier molecular flexibility index (Phi) is 5.42. The number of benzene rings is 2. The second-order valence-electron chi connectivity index (χ2n) is 7.73. The van der Waals surface area contributed by atoms with Crippen LogP contribution in [0.1, 0.15) is 42.5 Å². The van der Waals surface area contributed by atoms with Crippen molar-refractivity contribution in [1.82, 2.24) is 0 Å². The quantitative estimate of drug-likeness (QED) is 0.427. The lowest BCUT2D eigenvalue weighted by Gasteiger charge is -2.18. The highest BCUT2D eigenvalue weighted by Crippen LogP contribution is 2.28. The van der Waals surface area contributed by atoms with Gasteiger partial charge >= 0.3 is 5.97 Å². The van der Waals surface area contributed by atoms with Gasteiger partial charge in [0.05, 0.1) is 0 Å². The van der Waals surface area contributed by atoms with Gasteiger partial charge in [-0.25, -0.2) is 4.79 Å². The van der Waals surface area contributed by atoms with Crippen molar-refractivity contribution in [2.75, 3.05) is 0 Å². The Balaban J connectivity index is 1.53. The number of allylic oxidation sites excluding steroid dienone is 4. The van der Waals surface area contributed by atoms with E-state index < -0.39 is 5.97 Å². The fourth-order valence-corrected chi connectivity index (χ4v) is 3.67. The molecule has 4 rings (SSSR count). The molecule has 0 saturated heterocycles. The van der Waals surface area contributed by atoms with Crippen LogP contribution in [0.4, 0.5) is 0 Å². The van der Waals surface area contributed by atoms with Crippen molar-refractivity contribution < 1.29 is 23.5 Å². The topological polar surface area (TPSA) is 73.6 Å². The zero-order valence-corrected chi connectivity index (χ0v) is 17.7. The molecular formula is C26H22O5. The summed E-state index contributed by atoms with van der Waals surface area (Å²) in [5.74, 6) is -0.590. The van der Waals surface area contributed by atoms with Crippen LogP contribution in [-0.2, 0) is 27.4 Å². The molecule has 1 aromatic heterocycles. The standard InChI is InChI=1S/C26H22O5/c1-15-16(2)25(28)21(17(3)24(15)27)12-19-9-10-22-20(11-19)13-23(31-22)26(29)30-14-18-7-5-4-6-8-18/h4-11,13H,12,14H2,1-3H3. The van der Waals surface area contributed by atoms with E-state index in [1.54, 1.807) is 32.9 Å². The zero-order valence-electron chi connectivity index (χ0n) is 17.7. The van der Waals surface area contributed by atoms with E-state index in [2.05, 4.69) is 0 Å². The van der Waals surface area contributed by atoms with Gasteiger partial charge in [0.1, 0.15) is 12.2 Å². The first-order chi connectivity index (χ1) is 14.8. The van der Waals surface area contributed by atoms with Gasteiger partial charge in [0.25, 0.3) is 0 Å². The Morgan fingerprint density at radius 3 is 2.29 bits per heavy atom. The van der Waals surface area contributed by atoms with Crippen LogP contribution in [-0.4, -0.2) is 17.5 Å². The van der Waals surface area contributed by atoms with Crippen LogP contribution >= 0.6 is 0 Å². The van der Waals surface area contributed by atoms with E-state index in [1.165, 1.54) is 0 Å². The van der Waals surface area contributed by atoms with Crippen molar-refractivity contribution >= 4 is 28.5 Å². The van der Waals surface area contributed by atoms with Gasteiger partial charge in [-0.3, -0.25) is 9.59 Å². The number of ketones is 2. The van der Waals surface area contributed by atoms with Crippen LogP contribution in [0.5, 0.6) is 0 Å². The molecule has 1 aliphatic carbocycles. The van der Waals surface area contributed by atoms with Gasteiger partial charge < -0.3 is 9.15 Å². The third-order valence-electron chi connectivity index (χ3n) is 5.69. The maximum absolute atomic E-state index is 12.7. The van der Waals surface area contributed by atoms with Crippen LogP contribution in [0.3, 0.4) is 0 Å². The number of fused-ring (bicyclic) bond motifs is 1. The summed E-state index contributed by atoms with van der Waals surface area (Å²) in [5.41, 5.74) is 4.32. The predicted octanol–water partition coefficient (Wildman–Crippen LogP) is 5.14. The van der Waals surface area contributed by atoms with Crippen LogP contribution < -0.4 is 0 Å². The first-order valence-corrected chi connectivity index (χ1v) is 10.1. The molecule has 0 fully saturated rings.